The van der Waals surface area contributed by atoms with Crippen LogP contribution in [-0.2, 0) is 0 Å². The van der Waals surface area contributed by atoms with Crippen molar-refractivity contribution in [3.63, 3.8) is 0 Å². The van der Waals surface area contributed by atoms with Crippen LogP contribution in [0.1, 0.15) is 0 Å². The predicted octanol–water partition coefficient (Wildman–Crippen LogP) is -0.798. The highest BCUT2D eigenvalue weighted by Crippen LogP contribution is 1.97. The molecule has 9 N–H and O–H groups in total. The van der Waals surface area contributed by atoms with E-state index in [2.05, 4.69) is 15.0 Å². The number of rotatable bonds is 0. The number of anilines is 3. The van der Waals surface area contributed by atoms with E-state index >= 15 is 0 Å². The lowest BCUT2D eigenvalue weighted by molar-refractivity contribution is 1.09. The first-order chi connectivity index (χ1) is 4.18. The molecule has 1 rings (SSSR count). The summed E-state index contributed by atoms with van der Waals surface area (Å²) in [5, 5.41) is 0. The highest BCUT2D eigenvalue weighted by Gasteiger charge is 1.93. The minimum Gasteiger partial charge on any atom is -0.368 e. The van der Waals surface area contributed by atoms with Crippen LogP contribution in [0.3, 0.4) is 0 Å². The number of nitrogen functional groups attached to an aromatic ring is 3. The summed E-state index contributed by atoms with van der Waals surface area (Å²) in [6, 6.07) is 0. The van der Waals surface area contributed by atoms with Gasteiger partial charge in [0.15, 0.2) is 0 Å². The van der Waals surface area contributed by atoms with Gasteiger partial charge in [-0.2, -0.15) is 15.0 Å². The van der Waals surface area contributed by atoms with Gasteiger partial charge in [-0.05, 0) is 0 Å². The van der Waals surface area contributed by atoms with Gasteiger partial charge in [0.2, 0.25) is 17.8 Å². The minimum atomic E-state index is 0. The zero-order valence-corrected chi connectivity index (χ0v) is 6.51. The summed E-state index contributed by atoms with van der Waals surface area (Å²) >= 11 is 0. The molecular weight excluding hydrogens is 170 g/mol. The maximum Gasteiger partial charge on any atom is 0.226 e. The third kappa shape index (κ3) is 3.38. The second-order valence-electron chi connectivity index (χ2n) is 1.41. The van der Waals surface area contributed by atoms with Crippen molar-refractivity contribution in [3.05, 3.63) is 0 Å². The van der Waals surface area contributed by atoms with Crippen LogP contribution in [0.25, 0.3) is 0 Å². The van der Waals surface area contributed by atoms with Gasteiger partial charge >= 0.3 is 0 Å². The fraction of sp³-hybridized carbons (Fsp3) is 0. The van der Waals surface area contributed by atoms with Crippen molar-refractivity contribution in [3.8, 4) is 0 Å². The van der Waals surface area contributed by atoms with Crippen LogP contribution in [0, 0.1) is 0 Å². The molecule has 1 aromatic heterocycles. The lowest BCUT2D eigenvalue weighted by atomic mass is 10.9. The van der Waals surface area contributed by atoms with E-state index in [1.165, 1.54) is 0 Å². The number of nitrogens with two attached hydrogens (primary N) is 3. The summed E-state index contributed by atoms with van der Waals surface area (Å²) in [5.74, 6) is 0.125. The van der Waals surface area contributed by atoms with E-state index in [1.54, 1.807) is 0 Å². The summed E-state index contributed by atoms with van der Waals surface area (Å²) < 4.78 is 0. The van der Waals surface area contributed by atoms with Crippen molar-refractivity contribution < 1.29 is 0 Å². The van der Waals surface area contributed by atoms with Crippen molar-refractivity contribution in [2.45, 2.75) is 0 Å². The van der Waals surface area contributed by atoms with Crippen molar-refractivity contribution in [2.75, 3.05) is 17.2 Å². The second-order valence-corrected chi connectivity index (χ2v) is 1.41. The molecule has 0 bridgehead atoms. The first-order valence-corrected chi connectivity index (χ1v) is 2.21. The molecule has 7 nitrogen and oxygen atoms in total. The zero-order chi connectivity index (χ0) is 6.85. The van der Waals surface area contributed by atoms with Crippen LogP contribution in [0.2, 0.25) is 0 Å². The maximum atomic E-state index is 5.14. The fourth-order valence-electron chi connectivity index (χ4n) is 0.427. The Morgan fingerprint density at radius 3 is 1.09 bits per heavy atom. The van der Waals surface area contributed by atoms with Gasteiger partial charge in [-0.25, -0.2) is 0 Å². The van der Waals surface area contributed by atoms with Crippen molar-refractivity contribution >= 4 is 30.3 Å². The SMILES string of the molecule is Cl.N.Nc1nc(N)nc(N)n1. The molecule has 0 aliphatic heterocycles. The topological polar surface area (TPSA) is 152 Å². The van der Waals surface area contributed by atoms with Crippen LogP contribution in [0.15, 0.2) is 0 Å². The van der Waals surface area contributed by atoms with Crippen LogP contribution in [0.4, 0.5) is 17.8 Å². The Morgan fingerprint density at radius 1 is 0.727 bits per heavy atom. The van der Waals surface area contributed by atoms with Crippen molar-refractivity contribution in [1.29, 1.82) is 0 Å². The van der Waals surface area contributed by atoms with E-state index in [4.69, 9.17) is 17.2 Å². The van der Waals surface area contributed by atoms with Crippen molar-refractivity contribution in [1.82, 2.24) is 21.1 Å². The Hall–Kier alpha value is -1.34. The number of aromatic nitrogens is 3. The summed E-state index contributed by atoms with van der Waals surface area (Å²) in [6.45, 7) is 0. The second kappa shape index (κ2) is 4.47. The summed E-state index contributed by atoms with van der Waals surface area (Å²) in [7, 11) is 0. The van der Waals surface area contributed by atoms with Gasteiger partial charge in [0, 0.05) is 0 Å². The molecule has 1 aromatic rings. The van der Waals surface area contributed by atoms with Gasteiger partial charge in [-0.15, -0.1) is 12.4 Å². The normalized spacial score (nSPS) is 7.64. The molecule has 1 heterocycles. The minimum absolute atomic E-state index is 0. The third-order valence-electron chi connectivity index (χ3n) is 0.687. The van der Waals surface area contributed by atoms with Gasteiger partial charge in [0.25, 0.3) is 0 Å². The smallest absolute Gasteiger partial charge is 0.226 e. The van der Waals surface area contributed by atoms with Gasteiger partial charge in [-0.3, -0.25) is 0 Å². The largest absolute Gasteiger partial charge is 0.368 e. The van der Waals surface area contributed by atoms with E-state index in [-0.39, 0.29) is 36.4 Å². The van der Waals surface area contributed by atoms with Crippen LogP contribution >= 0.6 is 12.4 Å². The molecule has 0 aliphatic carbocycles. The molecule has 11 heavy (non-hydrogen) atoms. The van der Waals surface area contributed by atoms with E-state index in [9.17, 15) is 0 Å². The summed E-state index contributed by atoms with van der Waals surface area (Å²) in [6.07, 6.45) is 0. The third-order valence-corrected chi connectivity index (χ3v) is 0.687. The average molecular weight is 180 g/mol. The molecule has 8 heteroatoms. The zero-order valence-electron chi connectivity index (χ0n) is 5.69. The molecule has 0 unspecified atom stereocenters. The monoisotopic (exact) mass is 179 g/mol. The van der Waals surface area contributed by atoms with Gasteiger partial charge < -0.3 is 23.4 Å². The van der Waals surface area contributed by atoms with E-state index in [0.717, 1.165) is 0 Å². The Balaban J connectivity index is 0. The van der Waals surface area contributed by atoms with Crippen LogP contribution < -0.4 is 23.4 Å². The lowest BCUT2D eigenvalue weighted by Crippen LogP contribution is -2.05. The predicted molar refractivity (Wildman–Crippen MR) is 45.3 cm³/mol. The van der Waals surface area contributed by atoms with E-state index in [1.807, 2.05) is 0 Å². The number of hydrogen-bond donors (Lipinski definition) is 4. The number of nitrogens with zero attached hydrogens (tertiary/aromatic N) is 3. The average Bonchev–Trinajstić information content (AvgIpc) is 1.59. The molecule has 0 saturated carbocycles. The molecule has 64 valence electrons. The van der Waals surface area contributed by atoms with Gasteiger partial charge in [0.1, 0.15) is 0 Å². The Morgan fingerprint density at radius 2 is 0.909 bits per heavy atom. The standard InChI is InChI=1S/C3H6N6.ClH.H3N/c4-1-7-2(5)9-3(6)8-1;;/h(H6,4,5,6,7,8,9);1H;1H3. The molecule has 0 aromatic carbocycles. The van der Waals surface area contributed by atoms with Crippen molar-refractivity contribution in [2.24, 2.45) is 0 Å². The Kier molecular flexibility index (Phi) is 5.02. The van der Waals surface area contributed by atoms with Crippen LogP contribution in [-0.4, -0.2) is 15.0 Å². The molecule has 0 fully saturated rings. The Bertz CT molecular complexity index is 174. The molecule has 0 saturated heterocycles. The number of hydrogen-bond acceptors (Lipinski definition) is 7. The van der Waals surface area contributed by atoms with E-state index < -0.39 is 0 Å². The first-order valence-electron chi connectivity index (χ1n) is 2.21. The highest BCUT2D eigenvalue weighted by atomic mass is 35.5. The molecule has 0 amide bonds. The van der Waals surface area contributed by atoms with Crippen LogP contribution in [0.5, 0.6) is 0 Å². The molecular formula is C3H10ClN7. The van der Waals surface area contributed by atoms with Gasteiger partial charge in [0.05, 0.1) is 0 Å². The first kappa shape index (κ1) is 12.3. The molecule has 0 atom stereocenters. The maximum absolute atomic E-state index is 5.14. The molecule has 0 aliphatic rings. The highest BCUT2D eigenvalue weighted by molar-refractivity contribution is 5.85. The Labute approximate surface area is 69.4 Å². The summed E-state index contributed by atoms with van der Waals surface area (Å²) in [5.41, 5.74) is 15.4. The molecule has 0 radical (unpaired) electrons. The number of halogens is 1. The molecule has 0 spiro atoms. The van der Waals surface area contributed by atoms with E-state index in [0.29, 0.717) is 0 Å². The van der Waals surface area contributed by atoms with Gasteiger partial charge in [-0.1, -0.05) is 0 Å². The lowest BCUT2D eigenvalue weighted by Gasteiger charge is -1.93. The summed E-state index contributed by atoms with van der Waals surface area (Å²) in [4.78, 5) is 10.5. The quantitative estimate of drug-likeness (QED) is 0.407. The fourth-order valence-corrected chi connectivity index (χ4v) is 0.427.